The molecule has 0 saturated heterocycles. The molecular weight excluding hydrogens is 423 g/mol. The number of carbonyl (C=O) groups is 2. The fraction of sp³-hybridized carbons (Fsp3) is 0.292. The SMILES string of the molecule is O=C(N[C@H](CCCCCB(O)O)C(=O)Cc1cccc(-c2ccccc2)c1)c1cncs1. The number of ketones is 1. The zero-order valence-electron chi connectivity index (χ0n) is 17.8. The maximum atomic E-state index is 13.1. The molecule has 0 aliphatic rings. The van der Waals surface area contributed by atoms with Crippen LogP contribution >= 0.6 is 11.3 Å². The van der Waals surface area contributed by atoms with E-state index in [9.17, 15) is 9.59 Å². The van der Waals surface area contributed by atoms with Gasteiger partial charge in [0, 0.05) is 6.42 Å². The lowest BCUT2D eigenvalue weighted by molar-refractivity contribution is -0.120. The Morgan fingerprint density at radius 1 is 1.00 bits per heavy atom. The van der Waals surface area contributed by atoms with E-state index in [1.54, 1.807) is 5.51 Å². The van der Waals surface area contributed by atoms with E-state index >= 15 is 0 Å². The molecule has 3 aromatic rings. The van der Waals surface area contributed by atoms with Crippen molar-refractivity contribution in [3.63, 3.8) is 0 Å². The fourth-order valence-corrected chi connectivity index (χ4v) is 4.06. The van der Waals surface area contributed by atoms with Crippen molar-refractivity contribution < 1.29 is 19.6 Å². The van der Waals surface area contributed by atoms with Gasteiger partial charge in [-0.2, -0.15) is 0 Å². The summed E-state index contributed by atoms with van der Waals surface area (Å²) in [6.45, 7) is 0. The second-order valence-electron chi connectivity index (χ2n) is 7.72. The summed E-state index contributed by atoms with van der Waals surface area (Å²) in [5.74, 6) is -0.343. The van der Waals surface area contributed by atoms with E-state index < -0.39 is 13.2 Å². The van der Waals surface area contributed by atoms with Gasteiger partial charge >= 0.3 is 7.12 Å². The lowest BCUT2D eigenvalue weighted by Crippen LogP contribution is -2.41. The van der Waals surface area contributed by atoms with E-state index in [-0.39, 0.29) is 18.1 Å². The largest absolute Gasteiger partial charge is 0.451 e. The predicted octanol–water partition coefficient (Wildman–Crippen LogP) is 3.75. The zero-order valence-corrected chi connectivity index (χ0v) is 18.6. The molecule has 0 aliphatic carbocycles. The molecule has 166 valence electrons. The van der Waals surface area contributed by atoms with Crippen molar-refractivity contribution in [3.8, 4) is 11.1 Å². The smallest absolute Gasteiger partial charge is 0.427 e. The number of carbonyl (C=O) groups excluding carboxylic acids is 2. The minimum Gasteiger partial charge on any atom is -0.427 e. The second kappa shape index (κ2) is 12.3. The van der Waals surface area contributed by atoms with Gasteiger partial charge in [-0.25, -0.2) is 0 Å². The molecule has 0 aliphatic heterocycles. The Kier molecular flexibility index (Phi) is 9.16. The third-order valence-electron chi connectivity index (χ3n) is 5.22. The minimum absolute atomic E-state index is 0.0460. The lowest BCUT2D eigenvalue weighted by atomic mass is 9.83. The van der Waals surface area contributed by atoms with Crippen molar-refractivity contribution in [2.45, 2.75) is 44.5 Å². The van der Waals surface area contributed by atoms with Crippen molar-refractivity contribution in [2.24, 2.45) is 0 Å². The topological polar surface area (TPSA) is 99.5 Å². The average Bonchev–Trinajstić information content (AvgIpc) is 3.34. The Labute approximate surface area is 192 Å². The number of thiazole rings is 1. The molecule has 1 amide bonds. The molecule has 1 aromatic heterocycles. The van der Waals surface area contributed by atoms with Crippen molar-refractivity contribution in [3.05, 3.63) is 76.7 Å². The van der Waals surface area contributed by atoms with Gasteiger partial charge in [-0.15, -0.1) is 11.3 Å². The second-order valence-corrected chi connectivity index (χ2v) is 8.61. The first-order valence-electron chi connectivity index (χ1n) is 10.8. The van der Waals surface area contributed by atoms with E-state index in [2.05, 4.69) is 10.3 Å². The van der Waals surface area contributed by atoms with Gasteiger partial charge in [-0.05, 0) is 29.4 Å². The highest BCUT2D eigenvalue weighted by Gasteiger charge is 2.22. The van der Waals surface area contributed by atoms with Crippen LogP contribution in [0, 0.1) is 0 Å². The number of benzene rings is 2. The molecule has 32 heavy (non-hydrogen) atoms. The van der Waals surface area contributed by atoms with Crippen LogP contribution in [0.25, 0.3) is 11.1 Å². The Bertz CT molecular complexity index is 996. The van der Waals surface area contributed by atoms with Gasteiger partial charge in [0.15, 0.2) is 5.78 Å². The normalized spacial score (nSPS) is 11.7. The molecule has 0 fully saturated rings. The number of hydrogen-bond acceptors (Lipinski definition) is 6. The summed E-state index contributed by atoms with van der Waals surface area (Å²) in [7, 11) is -1.31. The Morgan fingerprint density at radius 2 is 1.78 bits per heavy atom. The van der Waals surface area contributed by atoms with Crippen LogP contribution in [0.3, 0.4) is 0 Å². The molecule has 1 atom stereocenters. The summed E-state index contributed by atoms with van der Waals surface area (Å²) in [4.78, 5) is 30.1. The van der Waals surface area contributed by atoms with Crippen molar-refractivity contribution in [2.75, 3.05) is 0 Å². The van der Waals surface area contributed by atoms with Gasteiger partial charge in [0.1, 0.15) is 4.88 Å². The van der Waals surface area contributed by atoms with Gasteiger partial charge in [0.05, 0.1) is 17.7 Å². The van der Waals surface area contributed by atoms with Crippen LogP contribution in [0.1, 0.15) is 40.9 Å². The van der Waals surface area contributed by atoms with E-state index in [0.29, 0.717) is 30.5 Å². The molecule has 8 heteroatoms. The van der Waals surface area contributed by atoms with E-state index in [0.717, 1.165) is 23.1 Å². The van der Waals surface area contributed by atoms with Gasteiger partial charge in [-0.3, -0.25) is 14.6 Å². The highest BCUT2D eigenvalue weighted by Crippen LogP contribution is 2.21. The Hall–Kier alpha value is -2.81. The minimum atomic E-state index is -1.31. The van der Waals surface area contributed by atoms with Crippen LogP contribution < -0.4 is 5.32 Å². The van der Waals surface area contributed by atoms with Gasteiger partial charge in [0.2, 0.25) is 0 Å². The third-order valence-corrected chi connectivity index (χ3v) is 5.99. The molecule has 2 aromatic carbocycles. The molecular formula is C24H27BN2O4S. The quantitative estimate of drug-likeness (QED) is 0.288. The Balaban J connectivity index is 1.66. The number of rotatable bonds is 12. The average molecular weight is 450 g/mol. The Morgan fingerprint density at radius 3 is 2.50 bits per heavy atom. The first-order chi connectivity index (χ1) is 15.5. The number of amides is 1. The number of hydrogen-bond donors (Lipinski definition) is 3. The number of aromatic nitrogens is 1. The maximum absolute atomic E-state index is 13.1. The summed E-state index contributed by atoms with van der Waals surface area (Å²) in [6, 6.07) is 17.3. The summed E-state index contributed by atoms with van der Waals surface area (Å²) >= 11 is 1.23. The summed E-state index contributed by atoms with van der Waals surface area (Å²) < 4.78 is 0. The number of Topliss-reactive ketones (excluding diaryl/α,β-unsaturated/α-hetero) is 1. The monoisotopic (exact) mass is 450 g/mol. The van der Waals surface area contributed by atoms with Crippen LogP contribution in [0.15, 0.2) is 66.3 Å². The van der Waals surface area contributed by atoms with Crippen LogP contribution in [0.4, 0.5) is 0 Å². The highest BCUT2D eigenvalue weighted by atomic mass is 32.1. The van der Waals surface area contributed by atoms with E-state index in [4.69, 9.17) is 10.0 Å². The maximum Gasteiger partial charge on any atom is 0.451 e. The summed E-state index contributed by atoms with van der Waals surface area (Å²) in [6.07, 6.45) is 4.64. The molecule has 6 nitrogen and oxygen atoms in total. The first-order valence-corrected chi connectivity index (χ1v) is 11.6. The van der Waals surface area contributed by atoms with Crippen molar-refractivity contribution in [1.29, 1.82) is 0 Å². The first kappa shape index (κ1) is 23.8. The fourth-order valence-electron chi connectivity index (χ4n) is 3.54. The molecule has 1 heterocycles. The standard InChI is InChI=1S/C24H27BN2O4S/c28-22(15-18-8-7-11-20(14-18)19-9-3-1-4-10-19)21(12-5-2-6-13-25(30)31)27-24(29)23-16-26-17-32-23/h1,3-4,7-11,14,16-17,21,30-31H,2,5-6,12-13,15H2,(H,27,29)/t21-/m1/s1. The van der Waals surface area contributed by atoms with Crippen LogP contribution in [-0.4, -0.2) is 39.9 Å². The van der Waals surface area contributed by atoms with Crippen molar-refractivity contribution in [1.82, 2.24) is 10.3 Å². The lowest BCUT2D eigenvalue weighted by Gasteiger charge is -2.18. The number of unbranched alkanes of at least 4 members (excludes halogenated alkanes) is 2. The van der Waals surface area contributed by atoms with Gasteiger partial charge < -0.3 is 15.4 Å². The number of nitrogens with zero attached hydrogens (tertiary/aromatic N) is 1. The van der Waals surface area contributed by atoms with Crippen LogP contribution in [0.5, 0.6) is 0 Å². The molecule has 0 radical (unpaired) electrons. The van der Waals surface area contributed by atoms with Gasteiger partial charge in [-0.1, -0.05) is 73.9 Å². The van der Waals surface area contributed by atoms with Crippen LogP contribution in [0.2, 0.25) is 6.32 Å². The predicted molar refractivity (Wildman–Crippen MR) is 127 cm³/mol. The summed E-state index contributed by atoms with van der Waals surface area (Å²) in [5, 5.41) is 20.8. The number of nitrogens with one attached hydrogen (secondary N) is 1. The molecule has 0 saturated carbocycles. The molecule has 0 bridgehead atoms. The molecule has 3 N–H and O–H groups in total. The summed E-state index contributed by atoms with van der Waals surface area (Å²) in [5.41, 5.74) is 4.62. The zero-order chi connectivity index (χ0) is 22.8. The molecule has 0 spiro atoms. The molecule has 3 rings (SSSR count). The van der Waals surface area contributed by atoms with Gasteiger partial charge in [0.25, 0.3) is 5.91 Å². The van der Waals surface area contributed by atoms with E-state index in [1.165, 1.54) is 17.5 Å². The third kappa shape index (κ3) is 7.41. The highest BCUT2D eigenvalue weighted by molar-refractivity contribution is 7.11. The molecule has 0 unspecified atom stereocenters. The van der Waals surface area contributed by atoms with Crippen molar-refractivity contribution >= 4 is 30.1 Å². The van der Waals surface area contributed by atoms with Crippen LogP contribution in [-0.2, 0) is 11.2 Å². The van der Waals surface area contributed by atoms with E-state index in [1.807, 2.05) is 54.6 Å².